The van der Waals surface area contributed by atoms with E-state index in [9.17, 15) is 0 Å². The Kier molecular flexibility index (Phi) is 6.18. The van der Waals surface area contributed by atoms with Crippen molar-refractivity contribution in [2.45, 2.75) is 0 Å². The van der Waals surface area contributed by atoms with Crippen LogP contribution in [0, 0.1) is 0 Å². The Labute approximate surface area is 312 Å². The molecule has 0 radical (unpaired) electrons. The Morgan fingerprint density at radius 1 is 0.370 bits per heavy atom. The third-order valence-corrected chi connectivity index (χ3v) is 12.0. The lowest BCUT2D eigenvalue weighted by atomic mass is 9.95. The first-order chi connectivity index (χ1) is 26.7. The number of fused-ring (bicyclic) bond motifs is 12. The summed E-state index contributed by atoms with van der Waals surface area (Å²) < 4.78 is 9.39. The van der Waals surface area contributed by atoms with Crippen LogP contribution in [0.4, 0.5) is 0 Å². The molecule has 0 aliphatic carbocycles. The molecule has 3 heterocycles. The molecule has 0 aliphatic rings. The maximum atomic E-state index is 6.95. The summed E-state index contributed by atoms with van der Waals surface area (Å²) in [7, 11) is 0. The quantitative estimate of drug-likeness (QED) is 0.172. The van der Waals surface area contributed by atoms with Crippen molar-refractivity contribution >= 4 is 96.5 Å². The maximum Gasteiger partial charge on any atom is 0.164 e. The van der Waals surface area contributed by atoms with Gasteiger partial charge in [-0.2, -0.15) is 0 Å². The van der Waals surface area contributed by atoms with Crippen LogP contribution >= 0.6 is 11.3 Å². The Morgan fingerprint density at radius 2 is 1.00 bits per heavy atom. The van der Waals surface area contributed by atoms with Crippen LogP contribution in [-0.4, -0.2) is 15.0 Å². The van der Waals surface area contributed by atoms with Gasteiger partial charge >= 0.3 is 0 Å². The number of hydrogen-bond acceptors (Lipinski definition) is 5. The van der Waals surface area contributed by atoms with Crippen LogP contribution in [0.15, 0.2) is 168 Å². The van der Waals surface area contributed by atoms with Gasteiger partial charge in [0.2, 0.25) is 0 Å². The predicted octanol–water partition coefficient (Wildman–Crippen LogP) is 13.8. The van der Waals surface area contributed by atoms with Gasteiger partial charge in [0.25, 0.3) is 0 Å². The molecule has 0 aliphatic heterocycles. The van der Waals surface area contributed by atoms with Crippen LogP contribution in [0.25, 0.3) is 119 Å². The second-order valence-corrected chi connectivity index (χ2v) is 15.0. The highest BCUT2D eigenvalue weighted by Gasteiger charge is 2.23. The summed E-state index contributed by atoms with van der Waals surface area (Å²) >= 11 is 1.80. The van der Waals surface area contributed by atoms with Gasteiger partial charge in [-0.25, -0.2) is 15.0 Å². The van der Waals surface area contributed by atoms with Crippen molar-refractivity contribution < 1.29 is 4.42 Å². The average Bonchev–Trinajstić information content (AvgIpc) is 3.80. The molecular formula is C49H27N3OS. The van der Waals surface area contributed by atoms with Crippen molar-refractivity contribution in [3.63, 3.8) is 0 Å². The largest absolute Gasteiger partial charge is 0.455 e. The fourth-order valence-electron chi connectivity index (χ4n) is 8.33. The molecule has 12 rings (SSSR count). The topological polar surface area (TPSA) is 51.8 Å². The predicted molar refractivity (Wildman–Crippen MR) is 226 cm³/mol. The third kappa shape index (κ3) is 4.39. The van der Waals surface area contributed by atoms with Gasteiger partial charge in [0.05, 0.1) is 0 Å². The van der Waals surface area contributed by atoms with E-state index in [1.54, 1.807) is 11.3 Å². The summed E-state index contributed by atoms with van der Waals surface area (Å²) in [4.78, 5) is 16.0. The van der Waals surface area contributed by atoms with E-state index in [1.165, 1.54) is 25.6 Å². The zero-order valence-electron chi connectivity index (χ0n) is 28.7. The van der Waals surface area contributed by atoms with Crippen molar-refractivity contribution in [3.05, 3.63) is 164 Å². The summed E-state index contributed by atoms with van der Waals surface area (Å²) in [5, 5.41) is 13.5. The minimum absolute atomic E-state index is 0.607. The van der Waals surface area contributed by atoms with Gasteiger partial charge in [-0.05, 0) is 74.1 Å². The number of furan rings is 1. The SMILES string of the molecule is c1ccc2cc(-c3nc(-c4cccc5sc6ccccc6c45)nc(-c4cc5ccc6ccccc6c5c5oc6cc7ccccc7cc6c45)n3)ccc2c1. The van der Waals surface area contributed by atoms with E-state index in [1.807, 2.05) is 0 Å². The Balaban J connectivity index is 1.22. The first-order valence-electron chi connectivity index (χ1n) is 18.1. The van der Waals surface area contributed by atoms with Gasteiger partial charge in [0.15, 0.2) is 17.5 Å². The van der Waals surface area contributed by atoms with E-state index < -0.39 is 0 Å². The zero-order chi connectivity index (χ0) is 35.3. The highest BCUT2D eigenvalue weighted by atomic mass is 32.1. The van der Waals surface area contributed by atoms with Gasteiger partial charge in [-0.1, -0.05) is 127 Å². The van der Waals surface area contributed by atoms with Crippen LogP contribution in [0.3, 0.4) is 0 Å². The van der Waals surface area contributed by atoms with Crippen LogP contribution in [0.5, 0.6) is 0 Å². The smallest absolute Gasteiger partial charge is 0.164 e. The van der Waals surface area contributed by atoms with Crippen molar-refractivity contribution in [3.8, 4) is 34.2 Å². The molecule has 3 aromatic heterocycles. The molecule has 250 valence electrons. The number of hydrogen-bond donors (Lipinski definition) is 0. The highest BCUT2D eigenvalue weighted by molar-refractivity contribution is 7.25. The van der Waals surface area contributed by atoms with E-state index in [0.29, 0.717) is 17.5 Å². The summed E-state index contributed by atoms with van der Waals surface area (Å²) in [5.74, 6) is 1.88. The fourth-order valence-corrected chi connectivity index (χ4v) is 9.46. The van der Waals surface area contributed by atoms with E-state index >= 15 is 0 Å². The summed E-state index contributed by atoms with van der Waals surface area (Å²) in [6, 6.07) is 57.9. The molecule has 12 aromatic rings. The number of aromatic nitrogens is 3. The number of rotatable bonds is 3. The second kappa shape index (κ2) is 11.3. The normalized spacial score (nSPS) is 12.1. The zero-order valence-corrected chi connectivity index (χ0v) is 29.6. The van der Waals surface area contributed by atoms with Gasteiger partial charge in [0, 0.05) is 53.0 Å². The molecule has 0 amide bonds. The van der Waals surface area contributed by atoms with Crippen molar-refractivity contribution in [2.24, 2.45) is 0 Å². The van der Waals surface area contributed by atoms with Crippen LogP contribution in [-0.2, 0) is 0 Å². The van der Waals surface area contributed by atoms with E-state index in [0.717, 1.165) is 76.3 Å². The van der Waals surface area contributed by atoms with Crippen LogP contribution in [0.1, 0.15) is 0 Å². The lowest BCUT2D eigenvalue weighted by Gasteiger charge is -2.12. The molecule has 5 heteroatoms. The minimum Gasteiger partial charge on any atom is -0.455 e. The molecule has 0 bridgehead atoms. The molecule has 0 atom stereocenters. The molecule has 4 nitrogen and oxygen atoms in total. The first-order valence-corrected chi connectivity index (χ1v) is 18.9. The van der Waals surface area contributed by atoms with Crippen molar-refractivity contribution in [1.29, 1.82) is 0 Å². The molecule has 54 heavy (non-hydrogen) atoms. The number of thiophene rings is 1. The first kappa shape index (κ1) is 29.6. The maximum absolute atomic E-state index is 6.95. The highest BCUT2D eigenvalue weighted by Crippen LogP contribution is 2.45. The standard InChI is InChI=1S/C49H27N3OS/c1-2-12-30-24-34(23-20-28(30)10-1)47-50-48(37-17-9-19-42-44(37)36-16-7-8-18-41(36)54-42)52-49(51-47)39-26-33-22-21-29-11-5-6-15-35(29)43(33)46-45(39)38-25-31-13-3-4-14-32(31)27-40(38)53-46/h1-27H. The third-order valence-electron chi connectivity index (χ3n) is 10.8. The number of nitrogens with zero attached hydrogens (tertiary/aromatic N) is 3. The monoisotopic (exact) mass is 705 g/mol. The molecule has 9 aromatic carbocycles. The number of benzene rings is 9. The lowest BCUT2D eigenvalue weighted by molar-refractivity contribution is 0.673. The molecule has 0 spiro atoms. The molecule has 0 fully saturated rings. The second-order valence-electron chi connectivity index (χ2n) is 14.0. The van der Waals surface area contributed by atoms with Crippen molar-refractivity contribution in [2.75, 3.05) is 0 Å². The van der Waals surface area contributed by atoms with E-state index in [2.05, 4.69) is 164 Å². The van der Waals surface area contributed by atoms with Gasteiger partial charge in [-0.15, -0.1) is 11.3 Å². The Morgan fingerprint density at radius 3 is 1.85 bits per heavy atom. The molecule has 0 saturated heterocycles. The van der Waals surface area contributed by atoms with Gasteiger partial charge in [0.1, 0.15) is 11.2 Å². The van der Waals surface area contributed by atoms with Gasteiger partial charge in [-0.3, -0.25) is 0 Å². The molecular weight excluding hydrogens is 679 g/mol. The summed E-state index contributed by atoms with van der Waals surface area (Å²) in [6.07, 6.45) is 0. The lowest BCUT2D eigenvalue weighted by Crippen LogP contribution is -2.01. The summed E-state index contributed by atoms with van der Waals surface area (Å²) in [6.45, 7) is 0. The van der Waals surface area contributed by atoms with Crippen LogP contribution in [0.2, 0.25) is 0 Å². The molecule has 0 N–H and O–H groups in total. The molecule has 0 saturated carbocycles. The van der Waals surface area contributed by atoms with Crippen molar-refractivity contribution in [1.82, 2.24) is 15.0 Å². The fraction of sp³-hybridized carbons (Fsp3) is 0. The summed E-state index contributed by atoms with van der Waals surface area (Å²) in [5.41, 5.74) is 4.51. The Bertz CT molecular complexity index is 3520. The van der Waals surface area contributed by atoms with Crippen LogP contribution < -0.4 is 0 Å². The van der Waals surface area contributed by atoms with E-state index in [-0.39, 0.29) is 0 Å². The Hall–Kier alpha value is -6.95. The average molecular weight is 706 g/mol. The molecule has 0 unspecified atom stereocenters. The van der Waals surface area contributed by atoms with E-state index in [4.69, 9.17) is 19.4 Å². The van der Waals surface area contributed by atoms with Gasteiger partial charge < -0.3 is 4.42 Å². The minimum atomic E-state index is 0.607.